The predicted molar refractivity (Wildman–Crippen MR) is 66.0 cm³/mol. The molecule has 0 spiro atoms. The molecule has 94 valence electrons. The van der Waals surface area contributed by atoms with Gasteiger partial charge in [-0.3, -0.25) is 9.97 Å². The van der Waals surface area contributed by atoms with Gasteiger partial charge in [0.25, 0.3) is 0 Å². The molecule has 18 heavy (non-hydrogen) atoms. The first kappa shape index (κ1) is 12.8. The molecule has 2 aromatic rings. The Kier molecular flexibility index (Phi) is 3.49. The summed E-state index contributed by atoms with van der Waals surface area (Å²) in [6, 6.07) is 4.22. The molecular formula is C11H9ClN2O3S. The highest BCUT2D eigenvalue weighted by Crippen LogP contribution is 2.23. The molecular weight excluding hydrogens is 276 g/mol. The molecule has 0 aliphatic carbocycles. The molecule has 2 heterocycles. The maximum absolute atomic E-state index is 12.0. The van der Waals surface area contributed by atoms with Crippen LogP contribution in [-0.4, -0.2) is 23.5 Å². The molecule has 7 heteroatoms. The van der Waals surface area contributed by atoms with Crippen molar-refractivity contribution in [1.29, 1.82) is 0 Å². The van der Waals surface area contributed by atoms with Gasteiger partial charge in [-0.15, -0.1) is 0 Å². The van der Waals surface area contributed by atoms with Gasteiger partial charge in [0.1, 0.15) is 11.5 Å². The summed E-state index contributed by atoms with van der Waals surface area (Å²) in [6.45, 7) is 0. The zero-order valence-corrected chi connectivity index (χ0v) is 10.7. The lowest BCUT2D eigenvalue weighted by molar-refractivity contribution is 0.466. The second kappa shape index (κ2) is 4.91. The van der Waals surface area contributed by atoms with Crippen LogP contribution in [0.1, 0.15) is 5.69 Å². The van der Waals surface area contributed by atoms with Gasteiger partial charge in [-0.05, 0) is 12.1 Å². The molecule has 0 aromatic carbocycles. The quantitative estimate of drug-likeness (QED) is 0.930. The minimum atomic E-state index is -3.58. The summed E-state index contributed by atoms with van der Waals surface area (Å²) in [5, 5.41) is 9.82. The smallest absolute Gasteiger partial charge is 0.185 e. The van der Waals surface area contributed by atoms with Gasteiger partial charge in [0.15, 0.2) is 9.84 Å². The van der Waals surface area contributed by atoms with Crippen molar-refractivity contribution in [3.05, 3.63) is 47.5 Å². The first-order valence-electron chi connectivity index (χ1n) is 4.95. The highest BCUT2D eigenvalue weighted by atomic mass is 35.5. The predicted octanol–water partition coefficient (Wildman–Crippen LogP) is 1.81. The third kappa shape index (κ3) is 2.77. The van der Waals surface area contributed by atoms with Crippen molar-refractivity contribution in [2.75, 3.05) is 0 Å². The van der Waals surface area contributed by atoms with E-state index in [-0.39, 0.29) is 21.4 Å². The highest BCUT2D eigenvalue weighted by molar-refractivity contribution is 7.90. The summed E-state index contributed by atoms with van der Waals surface area (Å²) in [4.78, 5) is 7.64. The summed E-state index contributed by atoms with van der Waals surface area (Å²) in [5.41, 5.74) is 0.0586. The number of rotatable bonds is 3. The Balaban J connectivity index is 2.34. The Hall–Kier alpha value is -1.66. The van der Waals surface area contributed by atoms with Crippen molar-refractivity contribution in [3.8, 4) is 5.75 Å². The zero-order valence-electron chi connectivity index (χ0n) is 9.12. The number of halogens is 1. The minimum Gasteiger partial charge on any atom is -0.506 e. The lowest BCUT2D eigenvalue weighted by Crippen LogP contribution is -2.06. The summed E-state index contributed by atoms with van der Waals surface area (Å²) in [6.07, 6.45) is 4.02. The fourth-order valence-electron chi connectivity index (χ4n) is 1.36. The lowest BCUT2D eigenvalue weighted by atomic mass is 10.3. The zero-order chi connectivity index (χ0) is 13.2. The van der Waals surface area contributed by atoms with Gasteiger partial charge >= 0.3 is 0 Å². The van der Waals surface area contributed by atoms with Crippen LogP contribution in [0.2, 0.25) is 5.02 Å². The Bertz CT molecular complexity index is 659. The third-order valence-electron chi connectivity index (χ3n) is 2.23. The molecule has 0 saturated carbocycles. The highest BCUT2D eigenvalue weighted by Gasteiger charge is 2.18. The maximum Gasteiger partial charge on any atom is 0.185 e. The summed E-state index contributed by atoms with van der Waals surface area (Å²) in [5.74, 6) is -0.642. The molecule has 5 nitrogen and oxygen atoms in total. The lowest BCUT2D eigenvalue weighted by Gasteiger charge is -2.05. The molecule has 0 bridgehead atoms. The molecule has 2 aromatic heterocycles. The standard InChI is InChI=1S/C11H9ClN2O3S/c12-8-4-11(15)10(14-5-8)7-18(16,17)9-2-1-3-13-6-9/h1-6,15H,7H2. The van der Waals surface area contributed by atoms with Crippen molar-refractivity contribution in [2.24, 2.45) is 0 Å². The van der Waals surface area contributed by atoms with Crippen LogP contribution in [0.15, 0.2) is 41.7 Å². The fourth-order valence-corrected chi connectivity index (χ4v) is 2.77. The summed E-state index contributed by atoms with van der Waals surface area (Å²) in [7, 11) is -3.58. The summed E-state index contributed by atoms with van der Waals surface area (Å²) >= 11 is 5.62. The van der Waals surface area contributed by atoms with Crippen molar-refractivity contribution < 1.29 is 13.5 Å². The van der Waals surface area contributed by atoms with Crippen LogP contribution in [0.3, 0.4) is 0 Å². The van der Waals surface area contributed by atoms with E-state index in [0.717, 1.165) is 0 Å². The minimum absolute atomic E-state index is 0.0586. The number of pyridine rings is 2. The topological polar surface area (TPSA) is 80.2 Å². The third-order valence-corrected chi connectivity index (χ3v) is 4.05. The Morgan fingerprint density at radius 2 is 2.11 bits per heavy atom. The molecule has 0 saturated heterocycles. The average molecular weight is 285 g/mol. The fraction of sp³-hybridized carbons (Fsp3) is 0.0909. The van der Waals surface area contributed by atoms with Gasteiger partial charge in [-0.1, -0.05) is 11.6 Å². The number of sulfone groups is 1. The maximum atomic E-state index is 12.0. The molecule has 0 aliphatic rings. The molecule has 0 unspecified atom stereocenters. The SMILES string of the molecule is O=S(=O)(Cc1ncc(Cl)cc1O)c1cccnc1. The molecule has 0 amide bonds. The van der Waals surface area contributed by atoms with Gasteiger partial charge in [0.2, 0.25) is 0 Å². The summed E-state index contributed by atoms with van der Waals surface area (Å²) < 4.78 is 24.0. The number of aromatic nitrogens is 2. The molecule has 0 fully saturated rings. The monoisotopic (exact) mass is 284 g/mol. The molecule has 0 radical (unpaired) electrons. The molecule has 0 aliphatic heterocycles. The Labute approximate surface area is 109 Å². The molecule has 1 N–H and O–H groups in total. The van der Waals surface area contributed by atoms with E-state index < -0.39 is 15.6 Å². The van der Waals surface area contributed by atoms with Crippen molar-refractivity contribution in [2.45, 2.75) is 10.6 Å². The number of aromatic hydroxyl groups is 1. The molecule has 2 rings (SSSR count). The van der Waals surface area contributed by atoms with Crippen molar-refractivity contribution in [3.63, 3.8) is 0 Å². The van der Waals surface area contributed by atoms with Crippen LogP contribution in [0, 0.1) is 0 Å². The van der Waals surface area contributed by atoms with Crippen LogP contribution in [0.5, 0.6) is 5.75 Å². The van der Waals surface area contributed by atoms with Gasteiger partial charge in [0, 0.05) is 24.7 Å². The van der Waals surface area contributed by atoms with Crippen LogP contribution < -0.4 is 0 Å². The number of nitrogens with zero attached hydrogens (tertiary/aromatic N) is 2. The van der Waals surface area contributed by atoms with E-state index in [9.17, 15) is 13.5 Å². The van der Waals surface area contributed by atoms with Crippen LogP contribution >= 0.6 is 11.6 Å². The van der Waals surface area contributed by atoms with Crippen LogP contribution in [0.25, 0.3) is 0 Å². The second-order valence-corrected chi connectivity index (χ2v) is 5.99. The normalized spacial score (nSPS) is 11.4. The number of hydrogen-bond acceptors (Lipinski definition) is 5. The van der Waals surface area contributed by atoms with Gasteiger partial charge in [0.05, 0.1) is 15.6 Å². The molecule has 0 atom stereocenters. The van der Waals surface area contributed by atoms with Crippen LogP contribution in [0.4, 0.5) is 0 Å². The second-order valence-electron chi connectivity index (χ2n) is 3.57. The van der Waals surface area contributed by atoms with Gasteiger partial charge in [-0.2, -0.15) is 0 Å². The van der Waals surface area contributed by atoms with Gasteiger partial charge < -0.3 is 5.11 Å². The van der Waals surface area contributed by atoms with E-state index in [1.807, 2.05) is 0 Å². The van der Waals surface area contributed by atoms with Gasteiger partial charge in [-0.25, -0.2) is 8.42 Å². The first-order chi connectivity index (χ1) is 8.49. The van der Waals surface area contributed by atoms with E-state index >= 15 is 0 Å². The first-order valence-corrected chi connectivity index (χ1v) is 6.98. The van der Waals surface area contributed by atoms with E-state index in [1.54, 1.807) is 0 Å². The van der Waals surface area contributed by atoms with Crippen LogP contribution in [-0.2, 0) is 15.6 Å². The Morgan fingerprint density at radius 1 is 1.33 bits per heavy atom. The number of hydrogen-bond donors (Lipinski definition) is 1. The van der Waals surface area contributed by atoms with Crippen molar-refractivity contribution in [1.82, 2.24) is 9.97 Å². The Morgan fingerprint density at radius 3 is 2.72 bits per heavy atom. The van der Waals surface area contributed by atoms with E-state index in [0.29, 0.717) is 0 Å². The van der Waals surface area contributed by atoms with Crippen molar-refractivity contribution >= 4 is 21.4 Å². The van der Waals surface area contributed by atoms with E-state index in [1.165, 1.54) is 36.8 Å². The van der Waals surface area contributed by atoms with E-state index in [2.05, 4.69) is 9.97 Å². The average Bonchev–Trinajstić information content (AvgIpc) is 2.34. The largest absolute Gasteiger partial charge is 0.506 e. The van der Waals surface area contributed by atoms with E-state index in [4.69, 9.17) is 11.6 Å².